The van der Waals surface area contributed by atoms with Crippen LogP contribution in [0, 0.1) is 0 Å². The molecule has 0 saturated carbocycles. The van der Waals surface area contributed by atoms with Crippen LogP contribution in [-0.2, 0) is 11.3 Å². The number of nitrogens with two attached hydrogens (primary N) is 1. The van der Waals surface area contributed by atoms with Crippen molar-refractivity contribution < 1.29 is 9.59 Å². The lowest BCUT2D eigenvalue weighted by molar-refractivity contribution is -0.122. The molecule has 1 fully saturated rings. The fourth-order valence-corrected chi connectivity index (χ4v) is 4.54. The van der Waals surface area contributed by atoms with E-state index in [0.717, 1.165) is 41.4 Å². The zero-order valence-corrected chi connectivity index (χ0v) is 18.6. The minimum atomic E-state index is -0.282. The summed E-state index contributed by atoms with van der Waals surface area (Å²) in [5, 5.41) is 3.82. The van der Waals surface area contributed by atoms with E-state index in [4.69, 9.17) is 10.7 Å². The van der Waals surface area contributed by atoms with Crippen molar-refractivity contribution in [2.45, 2.75) is 25.4 Å². The van der Waals surface area contributed by atoms with E-state index < -0.39 is 0 Å². The van der Waals surface area contributed by atoms with Crippen molar-refractivity contribution >= 4 is 28.4 Å². The van der Waals surface area contributed by atoms with Gasteiger partial charge in [0.1, 0.15) is 0 Å². The summed E-state index contributed by atoms with van der Waals surface area (Å²) in [7, 11) is 0. The van der Waals surface area contributed by atoms with E-state index in [2.05, 4.69) is 15.2 Å². The standard InChI is InChI=1S/C27H25N5O2/c28-26(33)25-11-5-13-32(25)17-18-6-3-8-20(14-18)30-27(34)22-15-24(19-7-4-12-29-16-19)31-23-10-2-1-9-21(22)23/h1-4,6-10,12,14-16,25H,5,11,13,17H2,(H2,28,33)(H,30,34). The summed E-state index contributed by atoms with van der Waals surface area (Å²) in [6, 6.07) is 20.7. The molecule has 2 aromatic carbocycles. The maximum atomic E-state index is 13.4. The number of carbonyl (C=O) groups excluding carboxylic acids is 2. The Hall–Kier alpha value is -4.10. The zero-order chi connectivity index (χ0) is 23.5. The van der Waals surface area contributed by atoms with E-state index >= 15 is 0 Å². The Labute approximate surface area is 197 Å². The highest BCUT2D eigenvalue weighted by molar-refractivity contribution is 6.13. The highest BCUT2D eigenvalue weighted by Gasteiger charge is 2.28. The summed E-state index contributed by atoms with van der Waals surface area (Å²) in [4.78, 5) is 36.1. The third kappa shape index (κ3) is 4.51. The van der Waals surface area contributed by atoms with Gasteiger partial charge in [0.2, 0.25) is 5.91 Å². The van der Waals surface area contributed by atoms with E-state index in [9.17, 15) is 9.59 Å². The van der Waals surface area contributed by atoms with Gasteiger partial charge in [0.15, 0.2) is 0 Å². The van der Waals surface area contributed by atoms with Gasteiger partial charge in [0.05, 0.1) is 22.8 Å². The Balaban J connectivity index is 1.42. The summed E-state index contributed by atoms with van der Waals surface area (Å²) in [6.07, 6.45) is 5.19. The Morgan fingerprint density at radius 1 is 1.06 bits per heavy atom. The number of fused-ring (bicyclic) bond motifs is 1. The molecule has 5 rings (SSSR count). The van der Waals surface area contributed by atoms with E-state index in [0.29, 0.717) is 23.5 Å². The molecule has 4 aromatic rings. The summed E-state index contributed by atoms with van der Waals surface area (Å²) in [5.74, 6) is -0.493. The SMILES string of the molecule is NC(=O)C1CCCN1Cc1cccc(NC(=O)c2cc(-c3cccnc3)nc3ccccc23)c1. The molecule has 1 aliphatic rings. The fraction of sp³-hybridized carbons (Fsp3) is 0.185. The second-order valence-electron chi connectivity index (χ2n) is 8.50. The third-order valence-electron chi connectivity index (χ3n) is 6.18. The quantitative estimate of drug-likeness (QED) is 0.461. The van der Waals surface area contributed by atoms with Gasteiger partial charge in [-0.1, -0.05) is 30.3 Å². The minimum Gasteiger partial charge on any atom is -0.368 e. The number of pyridine rings is 2. The largest absolute Gasteiger partial charge is 0.368 e. The first-order valence-corrected chi connectivity index (χ1v) is 11.3. The van der Waals surface area contributed by atoms with Crippen LogP contribution in [0.25, 0.3) is 22.2 Å². The number of nitrogens with one attached hydrogen (secondary N) is 1. The van der Waals surface area contributed by atoms with Gasteiger partial charge >= 0.3 is 0 Å². The van der Waals surface area contributed by atoms with Crippen LogP contribution in [0.15, 0.2) is 79.1 Å². The van der Waals surface area contributed by atoms with Gasteiger partial charge in [-0.05, 0) is 61.3 Å². The van der Waals surface area contributed by atoms with Crippen LogP contribution < -0.4 is 11.1 Å². The van der Waals surface area contributed by atoms with Crippen molar-refractivity contribution in [2.24, 2.45) is 5.73 Å². The Kier molecular flexibility index (Phi) is 6.01. The number of likely N-dealkylation sites (tertiary alicyclic amines) is 1. The van der Waals surface area contributed by atoms with Crippen LogP contribution in [0.5, 0.6) is 0 Å². The number of amides is 2. The predicted octanol–water partition coefficient (Wildman–Crippen LogP) is 4.00. The van der Waals surface area contributed by atoms with Gasteiger partial charge in [0.25, 0.3) is 5.91 Å². The van der Waals surface area contributed by atoms with Crippen molar-refractivity contribution in [2.75, 3.05) is 11.9 Å². The Bertz CT molecular complexity index is 1360. The average molecular weight is 452 g/mol. The highest BCUT2D eigenvalue weighted by Crippen LogP contribution is 2.26. The molecule has 1 saturated heterocycles. The second-order valence-corrected chi connectivity index (χ2v) is 8.50. The minimum absolute atomic E-state index is 0.211. The van der Waals surface area contributed by atoms with E-state index in [1.54, 1.807) is 18.5 Å². The van der Waals surface area contributed by atoms with Crippen molar-refractivity contribution in [1.82, 2.24) is 14.9 Å². The summed E-state index contributed by atoms with van der Waals surface area (Å²) in [6.45, 7) is 1.45. The lowest BCUT2D eigenvalue weighted by Crippen LogP contribution is -2.39. The Morgan fingerprint density at radius 2 is 1.94 bits per heavy atom. The van der Waals surface area contributed by atoms with Crippen LogP contribution in [0.4, 0.5) is 5.69 Å². The number of para-hydroxylation sites is 1. The van der Waals surface area contributed by atoms with Crippen LogP contribution in [0.3, 0.4) is 0 Å². The Morgan fingerprint density at radius 3 is 2.76 bits per heavy atom. The van der Waals surface area contributed by atoms with Gasteiger partial charge in [-0.2, -0.15) is 0 Å². The number of hydrogen-bond donors (Lipinski definition) is 2. The lowest BCUT2D eigenvalue weighted by Gasteiger charge is -2.22. The third-order valence-corrected chi connectivity index (χ3v) is 6.18. The molecule has 2 amide bonds. The summed E-state index contributed by atoms with van der Waals surface area (Å²) < 4.78 is 0. The van der Waals surface area contributed by atoms with Crippen LogP contribution in [0.1, 0.15) is 28.8 Å². The second kappa shape index (κ2) is 9.41. The maximum Gasteiger partial charge on any atom is 0.256 e. The first-order valence-electron chi connectivity index (χ1n) is 11.3. The molecule has 7 nitrogen and oxygen atoms in total. The highest BCUT2D eigenvalue weighted by atomic mass is 16.2. The maximum absolute atomic E-state index is 13.4. The number of nitrogens with zero attached hydrogens (tertiary/aromatic N) is 3. The van der Waals surface area contributed by atoms with E-state index in [-0.39, 0.29) is 17.9 Å². The zero-order valence-electron chi connectivity index (χ0n) is 18.6. The molecule has 0 aliphatic carbocycles. The molecule has 3 heterocycles. The monoisotopic (exact) mass is 451 g/mol. The van der Waals surface area contributed by atoms with Crippen LogP contribution in [-0.4, -0.2) is 39.3 Å². The number of anilines is 1. The molecule has 34 heavy (non-hydrogen) atoms. The fourth-order valence-electron chi connectivity index (χ4n) is 4.54. The molecule has 2 aromatic heterocycles. The van der Waals surface area contributed by atoms with Crippen LogP contribution >= 0.6 is 0 Å². The molecule has 1 atom stereocenters. The molecular weight excluding hydrogens is 426 g/mol. The van der Waals surface area contributed by atoms with E-state index in [1.165, 1.54) is 0 Å². The van der Waals surface area contributed by atoms with Crippen LogP contribution in [0.2, 0.25) is 0 Å². The van der Waals surface area contributed by atoms with Crippen molar-refractivity contribution in [1.29, 1.82) is 0 Å². The molecule has 0 radical (unpaired) electrons. The normalized spacial score (nSPS) is 15.9. The van der Waals surface area contributed by atoms with E-state index in [1.807, 2.05) is 60.7 Å². The summed E-state index contributed by atoms with van der Waals surface area (Å²) >= 11 is 0. The molecule has 1 aliphatic heterocycles. The van der Waals surface area contributed by atoms with Gasteiger partial charge in [-0.3, -0.25) is 19.5 Å². The van der Waals surface area contributed by atoms with Crippen molar-refractivity contribution in [3.05, 3.63) is 90.3 Å². The molecule has 170 valence electrons. The average Bonchev–Trinajstić information content (AvgIpc) is 3.32. The molecule has 0 spiro atoms. The number of primary amides is 1. The topological polar surface area (TPSA) is 101 Å². The number of aromatic nitrogens is 2. The molecule has 3 N–H and O–H groups in total. The number of carbonyl (C=O) groups is 2. The predicted molar refractivity (Wildman–Crippen MR) is 132 cm³/mol. The van der Waals surface area contributed by atoms with Crippen molar-refractivity contribution in [3.63, 3.8) is 0 Å². The van der Waals surface area contributed by atoms with Gasteiger partial charge in [0, 0.05) is 35.6 Å². The first kappa shape index (κ1) is 21.7. The molecule has 0 bridgehead atoms. The molecule has 1 unspecified atom stereocenters. The first-order chi connectivity index (χ1) is 16.6. The lowest BCUT2D eigenvalue weighted by atomic mass is 10.0. The smallest absolute Gasteiger partial charge is 0.256 e. The number of rotatable bonds is 6. The van der Waals surface area contributed by atoms with Gasteiger partial charge < -0.3 is 11.1 Å². The molecular formula is C27H25N5O2. The molecule has 7 heteroatoms. The van der Waals surface area contributed by atoms with Crippen molar-refractivity contribution in [3.8, 4) is 11.3 Å². The number of hydrogen-bond acceptors (Lipinski definition) is 5. The number of benzene rings is 2. The summed E-state index contributed by atoms with van der Waals surface area (Å²) in [5.41, 5.74) is 10.1. The van der Waals surface area contributed by atoms with Gasteiger partial charge in [-0.15, -0.1) is 0 Å². The van der Waals surface area contributed by atoms with Gasteiger partial charge in [-0.25, -0.2) is 4.98 Å².